The first-order valence-electron chi connectivity index (χ1n) is 10.1. The van der Waals surface area contributed by atoms with E-state index in [1.54, 1.807) is 24.3 Å². The lowest BCUT2D eigenvalue weighted by Crippen LogP contribution is -2.36. The molecule has 3 rings (SSSR count). The first-order chi connectivity index (χ1) is 14.3. The smallest absolute Gasteiger partial charge is 0.262 e. The van der Waals surface area contributed by atoms with Gasteiger partial charge in [0.05, 0.1) is 4.90 Å². The average molecular weight is 451 g/mol. The van der Waals surface area contributed by atoms with Gasteiger partial charge in [-0.1, -0.05) is 30.9 Å². The zero-order chi connectivity index (χ0) is 21.7. The van der Waals surface area contributed by atoms with E-state index < -0.39 is 10.0 Å². The second kappa shape index (κ2) is 9.81. The number of hydrogen-bond acceptors (Lipinski definition) is 4. The Labute approximate surface area is 183 Å². The molecular formula is C22H27ClN2O4S. The summed E-state index contributed by atoms with van der Waals surface area (Å²) in [6.07, 6.45) is 5.01. The molecule has 162 valence electrons. The summed E-state index contributed by atoms with van der Waals surface area (Å²) in [5.74, 6) is 0.264. The molecule has 1 saturated carbocycles. The summed E-state index contributed by atoms with van der Waals surface area (Å²) >= 11 is 6.07. The quantitative estimate of drug-likeness (QED) is 0.646. The Morgan fingerprint density at radius 3 is 2.37 bits per heavy atom. The molecule has 2 aromatic rings. The second-order valence-corrected chi connectivity index (χ2v) is 9.73. The number of halogens is 1. The molecule has 0 aromatic heterocycles. The summed E-state index contributed by atoms with van der Waals surface area (Å²) in [7, 11) is -3.56. The van der Waals surface area contributed by atoms with Crippen molar-refractivity contribution >= 4 is 33.2 Å². The van der Waals surface area contributed by atoms with Crippen LogP contribution in [0.1, 0.15) is 43.2 Å². The fourth-order valence-electron chi connectivity index (χ4n) is 3.48. The van der Waals surface area contributed by atoms with Crippen molar-refractivity contribution in [3.05, 3.63) is 52.5 Å². The topological polar surface area (TPSA) is 84.5 Å². The van der Waals surface area contributed by atoms with E-state index in [4.69, 9.17) is 16.3 Å². The van der Waals surface area contributed by atoms with E-state index in [0.29, 0.717) is 16.5 Å². The van der Waals surface area contributed by atoms with Gasteiger partial charge in [-0.15, -0.1) is 0 Å². The zero-order valence-corrected chi connectivity index (χ0v) is 18.8. The molecule has 1 fully saturated rings. The second-order valence-electron chi connectivity index (χ2n) is 7.61. The minimum Gasteiger partial charge on any atom is -0.483 e. The van der Waals surface area contributed by atoms with E-state index >= 15 is 0 Å². The third-order valence-corrected chi connectivity index (χ3v) is 7.35. The summed E-state index contributed by atoms with van der Waals surface area (Å²) in [6.45, 7) is 3.61. The van der Waals surface area contributed by atoms with Crippen molar-refractivity contribution < 1.29 is 17.9 Å². The van der Waals surface area contributed by atoms with Crippen molar-refractivity contribution in [3.8, 4) is 5.75 Å². The van der Waals surface area contributed by atoms with Crippen LogP contribution in [0, 0.1) is 13.8 Å². The van der Waals surface area contributed by atoms with E-state index in [1.165, 1.54) is 12.1 Å². The molecule has 0 bridgehead atoms. The highest BCUT2D eigenvalue weighted by Crippen LogP contribution is 2.27. The van der Waals surface area contributed by atoms with E-state index in [1.807, 2.05) is 13.8 Å². The van der Waals surface area contributed by atoms with Gasteiger partial charge in [-0.25, -0.2) is 13.1 Å². The molecule has 1 amide bonds. The molecule has 8 heteroatoms. The van der Waals surface area contributed by atoms with Gasteiger partial charge >= 0.3 is 0 Å². The molecule has 0 unspecified atom stereocenters. The van der Waals surface area contributed by atoms with Gasteiger partial charge in [0.15, 0.2) is 6.61 Å². The molecular weight excluding hydrogens is 424 g/mol. The predicted octanol–water partition coefficient (Wildman–Crippen LogP) is 4.59. The molecule has 0 saturated heterocycles. The number of carbonyl (C=O) groups is 1. The zero-order valence-electron chi connectivity index (χ0n) is 17.2. The van der Waals surface area contributed by atoms with Gasteiger partial charge in [0, 0.05) is 16.8 Å². The van der Waals surface area contributed by atoms with E-state index in [-0.39, 0.29) is 23.5 Å². The van der Waals surface area contributed by atoms with Crippen molar-refractivity contribution in [2.45, 2.75) is 56.9 Å². The maximum absolute atomic E-state index is 12.5. The Balaban J connectivity index is 1.56. The fourth-order valence-corrected chi connectivity index (χ4v) is 4.99. The molecule has 6 nitrogen and oxygen atoms in total. The van der Waals surface area contributed by atoms with Gasteiger partial charge in [0.2, 0.25) is 10.0 Å². The number of rotatable bonds is 7. The number of amides is 1. The third kappa shape index (κ3) is 5.74. The SMILES string of the molecule is Cc1c(Cl)ccc(OCC(=O)Nc2ccc(S(=O)(=O)NC3CCCCC3)cc2)c1C. The third-order valence-electron chi connectivity index (χ3n) is 5.41. The minimum atomic E-state index is -3.56. The normalized spacial score (nSPS) is 15.0. The first-order valence-corrected chi connectivity index (χ1v) is 11.9. The summed E-state index contributed by atoms with van der Waals surface area (Å²) in [5, 5.41) is 3.36. The van der Waals surface area contributed by atoms with Crippen LogP contribution in [-0.2, 0) is 14.8 Å². The van der Waals surface area contributed by atoms with Gasteiger partial charge in [-0.2, -0.15) is 0 Å². The van der Waals surface area contributed by atoms with Gasteiger partial charge in [-0.3, -0.25) is 4.79 Å². The average Bonchev–Trinajstić information content (AvgIpc) is 2.72. The van der Waals surface area contributed by atoms with Crippen molar-refractivity contribution in [1.82, 2.24) is 4.72 Å². The first kappa shape index (κ1) is 22.6. The number of nitrogens with one attached hydrogen (secondary N) is 2. The minimum absolute atomic E-state index is 0.000222. The van der Waals surface area contributed by atoms with Crippen molar-refractivity contribution in [2.75, 3.05) is 11.9 Å². The van der Waals surface area contributed by atoms with Crippen molar-refractivity contribution in [3.63, 3.8) is 0 Å². The van der Waals surface area contributed by atoms with Crippen LogP contribution in [0.25, 0.3) is 0 Å². The lowest BCUT2D eigenvalue weighted by atomic mass is 9.96. The molecule has 1 aliphatic carbocycles. The molecule has 0 spiro atoms. The van der Waals surface area contributed by atoms with Crippen LogP contribution in [0.15, 0.2) is 41.3 Å². The number of hydrogen-bond donors (Lipinski definition) is 2. The molecule has 2 N–H and O–H groups in total. The Bertz CT molecular complexity index is 1000. The van der Waals surface area contributed by atoms with Gasteiger partial charge in [-0.05, 0) is 74.2 Å². The Morgan fingerprint density at radius 2 is 1.70 bits per heavy atom. The highest BCUT2D eigenvalue weighted by atomic mass is 35.5. The molecule has 0 radical (unpaired) electrons. The van der Waals surface area contributed by atoms with E-state index in [0.717, 1.165) is 43.2 Å². The number of anilines is 1. The number of sulfonamides is 1. The molecule has 0 aliphatic heterocycles. The molecule has 0 atom stereocenters. The monoisotopic (exact) mass is 450 g/mol. The van der Waals surface area contributed by atoms with Crippen LogP contribution in [0.3, 0.4) is 0 Å². The lowest BCUT2D eigenvalue weighted by molar-refractivity contribution is -0.118. The van der Waals surface area contributed by atoms with Gasteiger partial charge in [0.1, 0.15) is 5.75 Å². The number of carbonyl (C=O) groups excluding carboxylic acids is 1. The summed E-state index contributed by atoms with van der Waals surface area (Å²) < 4.78 is 33.5. The molecule has 0 heterocycles. The number of benzene rings is 2. The standard InChI is InChI=1S/C22H27ClN2O4S/c1-15-16(2)21(13-12-20(15)23)29-14-22(26)24-17-8-10-19(11-9-17)30(27,28)25-18-6-4-3-5-7-18/h8-13,18,25H,3-7,14H2,1-2H3,(H,24,26). The van der Waals surface area contributed by atoms with Gasteiger partial charge < -0.3 is 10.1 Å². The maximum Gasteiger partial charge on any atom is 0.262 e. The predicted molar refractivity (Wildman–Crippen MR) is 119 cm³/mol. The van der Waals surface area contributed by atoms with Crippen molar-refractivity contribution in [1.29, 1.82) is 0 Å². The highest BCUT2D eigenvalue weighted by molar-refractivity contribution is 7.89. The maximum atomic E-state index is 12.5. The van der Waals surface area contributed by atoms with Crippen LogP contribution < -0.4 is 14.8 Å². The lowest BCUT2D eigenvalue weighted by Gasteiger charge is -2.22. The van der Waals surface area contributed by atoms with Crippen LogP contribution in [-0.4, -0.2) is 27.0 Å². The van der Waals surface area contributed by atoms with Crippen molar-refractivity contribution in [2.24, 2.45) is 0 Å². The van der Waals surface area contributed by atoms with Gasteiger partial charge in [0.25, 0.3) is 5.91 Å². The summed E-state index contributed by atoms with van der Waals surface area (Å²) in [5.41, 5.74) is 2.30. The molecule has 1 aliphatic rings. The summed E-state index contributed by atoms with van der Waals surface area (Å²) in [6, 6.07) is 9.60. The summed E-state index contributed by atoms with van der Waals surface area (Å²) in [4.78, 5) is 12.4. The highest BCUT2D eigenvalue weighted by Gasteiger charge is 2.21. The Hall–Kier alpha value is -2.09. The molecule has 30 heavy (non-hydrogen) atoms. The van der Waals surface area contributed by atoms with Crippen LogP contribution in [0.2, 0.25) is 5.02 Å². The Kier molecular flexibility index (Phi) is 7.39. The van der Waals surface area contributed by atoms with E-state index in [2.05, 4.69) is 10.0 Å². The van der Waals surface area contributed by atoms with Crippen LogP contribution in [0.4, 0.5) is 5.69 Å². The fraction of sp³-hybridized carbons (Fsp3) is 0.409. The van der Waals surface area contributed by atoms with Crippen LogP contribution in [0.5, 0.6) is 5.75 Å². The number of ether oxygens (including phenoxy) is 1. The molecule has 2 aromatic carbocycles. The van der Waals surface area contributed by atoms with E-state index in [9.17, 15) is 13.2 Å². The largest absolute Gasteiger partial charge is 0.483 e. The Morgan fingerprint density at radius 1 is 1.03 bits per heavy atom. The van der Waals surface area contributed by atoms with Crippen LogP contribution >= 0.6 is 11.6 Å².